The Morgan fingerprint density at radius 2 is 2.23 bits per heavy atom. The summed E-state index contributed by atoms with van der Waals surface area (Å²) in [5, 5.41) is 3.72. The van der Waals surface area contributed by atoms with E-state index in [0.29, 0.717) is 25.6 Å². The number of ether oxygens (including phenoxy) is 1. The van der Waals surface area contributed by atoms with E-state index in [0.717, 1.165) is 18.5 Å². The topological polar surface area (TPSA) is 60.2 Å². The van der Waals surface area contributed by atoms with Crippen LogP contribution in [0.1, 0.15) is 41.0 Å². The van der Waals surface area contributed by atoms with Gasteiger partial charge in [0.05, 0.1) is 12.2 Å². The molecule has 140 valence electrons. The van der Waals surface area contributed by atoms with E-state index in [1.165, 1.54) is 17.9 Å². The van der Waals surface area contributed by atoms with Gasteiger partial charge < -0.3 is 9.64 Å². The molecule has 1 aliphatic rings. The van der Waals surface area contributed by atoms with Crippen molar-refractivity contribution in [3.63, 3.8) is 0 Å². The lowest BCUT2D eigenvalue weighted by Gasteiger charge is -2.32. The standard InChI is InChI=1S/C18H22F2N4O2/c1-12-5-3-7-15(21-12)26-11-13-6-4-8-24(9-13)18(25)14-10-23(2)22-16(14)17(19)20/h3,5,7,10,13,17H,4,6,8-9,11H2,1-2H3. The molecule has 0 aromatic carbocycles. The highest BCUT2D eigenvalue weighted by molar-refractivity contribution is 5.95. The first-order valence-corrected chi connectivity index (χ1v) is 8.61. The summed E-state index contributed by atoms with van der Waals surface area (Å²) in [5.41, 5.74) is 0.392. The number of pyridine rings is 1. The van der Waals surface area contributed by atoms with E-state index in [4.69, 9.17) is 4.74 Å². The Balaban J connectivity index is 1.64. The highest BCUT2D eigenvalue weighted by atomic mass is 19.3. The van der Waals surface area contributed by atoms with E-state index >= 15 is 0 Å². The molecule has 0 aliphatic carbocycles. The van der Waals surface area contributed by atoms with Crippen LogP contribution in [0.4, 0.5) is 8.78 Å². The van der Waals surface area contributed by atoms with E-state index in [1.807, 2.05) is 19.1 Å². The van der Waals surface area contributed by atoms with Crippen LogP contribution in [-0.2, 0) is 7.05 Å². The van der Waals surface area contributed by atoms with Crippen molar-refractivity contribution in [3.05, 3.63) is 41.3 Å². The molecule has 0 bridgehead atoms. The summed E-state index contributed by atoms with van der Waals surface area (Å²) in [6.45, 7) is 3.36. The molecule has 0 spiro atoms. The third kappa shape index (κ3) is 4.17. The largest absolute Gasteiger partial charge is 0.477 e. The van der Waals surface area contributed by atoms with Crippen LogP contribution >= 0.6 is 0 Å². The van der Waals surface area contributed by atoms with Crippen molar-refractivity contribution in [2.24, 2.45) is 13.0 Å². The van der Waals surface area contributed by atoms with Gasteiger partial charge in [0.1, 0.15) is 5.69 Å². The number of aromatic nitrogens is 3. The normalized spacial score (nSPS) is 17.6. The molecule has 8 heteroatoms. The van der Waals surface area contributed by atoms with Crippen molar-refractivity contribution in [1.29, 1.82) is 0 Å². The maximum Gasteiger partial charge on any atom is 0.282 e. The van der Waals surface area contributed by atoms with Crippen molar-refractivity contribution in [1.82, 2.24) is 19.7 Å². The first-order valence-electron chi connectivity index (χ1n) is 8.61. The summed E-state index contributed by atoms with van der Waals surface area (Å²) in [6.07, 6.45) is 0.322. The zero-order chi connectivity index (χ0) is 18.7. The number of likely N-dealkylation sites (tertiary alicyclic amines) is 1. The molecular formula is C18H22F2N4O2. The zero-order valence-electron chi connectivity index (χ0n) is 14.9. The second-order valence-corrected chi connectivity index (χ2v) is 6.59. The summed E-state index contributed by atoms with van der Waals surface area (Å²) in [7, 11) is 1.53. The first kappa shape index (κ1) is 18.3. The molecule has 2 aromatic rings. The van der Waals surface area contributed by atoms with Crippen LogP contribution in [0.15, 0.2) is 24.4 Å². The van der Waals surface area contributed by atoms with Crippen molar-refractivity contribution in [3.8, 4) is 5.88 Å². The second-order valence-electron chi connectivity index (χ2n) is 6.59. The predicted molar refractivity (Wildman–Crippen MR) is 91.3 cm³/mol. The van der Waals surface area contributed by atoms with E-state index in [1.54, 1.807) is 11.0 Å². The molecule has 1 atom stereocenters. The van der Waals surface area contributed by atoms with Gasteiger partial charge in [-0.05, 0) is 25.8 Å². The highest BCUT2D eigenvalue weighted by Gasteiger charge is 2.30. The van der Waals surface area contributed by atoms with Gasteiger partial charge in [-0.3, -0.25) is 9.48 Å². The van der Waals surface area contributed by atoms with Gasteiger partial charge in [0.25, 0.3) is 12.3 Å². The number of hydrogen-bond acceptors (Lipinski definition) is 4. The summed E-state index contributed by atoms with van der Waals surface area (Å²) in [4.78, 5) is 18.6. The number of hydrogen-bond donors (Lipinski definition) is 0. The maximum absolute atomic E-state index is 13.1. The van der Waals surface area contributed by atoms with Gasteiger partial charge in [0, 0.05) is 44.0 Å². The smallest absolute Gasteiger partial charge is 0.282 e. The predicted octanol–water partition coefficient (Wildman–Crippen LogP) is 2.99. The van der Waals surface area contributed by atoms with Crippen LogP contribution in [0.3, 0.4) is 0 Å². The number of piperidine rings is 1. The fourth-order valence-corrected chi connectivity index (χ4v) is 3.19. The number of rotatable bonds is 5. The Hall–Kier alpha value is -2.51. The molecule has 3 rings (SSSR count). The lowest BCUT2D eigenvalue weighted by molar-refractivity contribution is 0.0620. The monoisotopic (exact) mass is 364 g/mol. The van der Waals surface area contributed by atoms with Crippen LogP contribution in [0.5, 0.6) is 5.88 Å². The molecule has 0 radical (unpaired) electrons. The molecular weight excluding hydrogens is 342 g/mol. The molecule has 6 nitrogen and oxygen atoms in total. The number of carbonyl (C=O) groups is 1. The Morgan fingerprint density at radius 3 is 2.96 bits per heavy atom. The van der Waals surface area contributed by atoms with Gasteiger partial charge in [-0.2, -0.15) is 5.10 Å². The molecule has 0 saturated carbocycles. The average Bonchev–Trinajstić information content (AvgIpc) is 3.02. The van der Waals surface area contributed by atoms with Crippen LogP contribution in [0.2, 0.25) is 0 Å². The van der Waals surface area contributed by atoms with Gasteiger partial charge in [0.2, 0.25) is 5.88 Å². The van der Waals surface area contributed by atoms with E-state index in [-0.39, 0.29) is 11.5 Å². The number of amides is 1. The molecule has 1 unspecified atom stereocenters. The van der Waals surface area contributed by atoms with Crippen LogP contribution in [0, 0.1) is 12.8 Å². The summed E-state index contributed by atoms with van der Waals surface area (Å²) >= 11 is 0. The van der Waals surface area contributed by atoms with Gasteiger partial charge >= 0.3 is 0 Å². The summed E-state index contributed by atoms with van der Waals surface area (Å²) in [5.74, 6) is 0.300. The minimum absolute atomic E-state index is 0.0237. The number of carbonyl (C=O) groups excluding carboxylic acids is 1. The second kappa shape index (κ2) is 7.80. The molecule has 1 amide bonds. The van der Waals surface area contributed by atoms with E-state index in [2.05, 4.69) is 10.1 Å². The Bertz CT molecular complexity index is 778. The fourth-order valence-electron chi connectivity index (χ4n) is 3.19. The van der Waals surface area contributed by atoms with E-state index in [9.17, 15) is 13.6 Å². The Labute approximate surface area is 150 Å². The number of halogens is 2. The lowest BCUT2D eigenvalue weighted by atomic mass is 9.98. The van der Waals surface area contributed by atoms with Crippen LogP contribution < -0.4 is 4.74 Å². The first-order chi connectivity index (χ1) is 12.4. The van der Waals surface area contributed by atoms with Crippen molar-refractivity contribution in [2.45, 2.75) is 26.2 Å². The summed E-state index contributed by atoms with van der Waals surface area (Å²) < 4.78 is 33.2. The number of alkyl halides is 2. The van der Waals surface area contributed by atoms with Crippen molar-refractivity contribution in [2.75, 3.05) is 19.7 Å². The quantitative estimate of drug-likeness (QED) is 0.818. The van der Waals surface area contributed by atoms with Crippen LogP contribution in [0.25, 0.3) is 0 Å². The molecule has 1 saturated heterocycles. The molecule has 0 N–H and O–H groups in total. The molecule has 3 heterocycles. The Morgan fingerprint density at radius 1 is 1.42 bits per heavy atom. The number of nitrogens with zero attached hydrogens (tertiary/aromatic N) is 4. The van der Waals surface area contributed by atoms with Crippen molar-refractivity contribution >= 4 is 5.91 Å². The van der Waals surface area contributed by atoms with Gasteiger partial charge in [-0.25, -0.2) is 13.8 Å². The Kier molecular flexibility index (Phi) is 5.49. The van der Waals surface area contributed by atoms with Gasteiger partial charge in [0.15, 0.2) is 0 Å². The van der Waals surface area contributed by atoms with Crippen molar-refractivity contribution < 1.29 is 18.3 Å². The lowest BCUT2D eigenvalue weighted by Crippen LogP contribution is -2.41. The zero-order valence-corrected chi connectivity index (χ0v) is 14.9. The van der Waals surface area contributed by atoms with Gasteiger partial charge in [-0.1, -0.05) is 6.07 Å². The summed E-state index contributed by atoms with van der Waals surface area (Å²) in [6, 6.07) is 5.56. The van der Waals surface area contributed by atoms with Gasteiger partial charge in [-0.15, -0.1) is 0 Å². The maximum atomic E-state index is 13.1. The minimum Gasteiger partial charge on any atom is -0.477 e. The average molecular weight is 364 g/mol. The SMILES string of the molecule is Cc1cccc(OCC2CCCN(C(=O)c3cn(C)nc3C(F)F)C2)n1. The fraction of sp³-hybridized carbons (Fsp3) is 0.500. The molecule has 1 aliphatic heterocycles. The third-order valence-corrected chi connectivity index (χ3v) is 4.43. The third-order valence-electron chi connectivity index (χ3n) is 4.43. The minimum atomic E-state index is -2.77. The molecule has 26 heavy (non-hydrogen) atoms. The molecule has 1 fully saturated rings. The van der Waals surface area contributed by atoms with Crippen LogP contribution in [-0.4, -0.2) is 45.3 Å². The number of aryl methyl sites for hydroxylation is 2. The highest BCUT2D eigenvalue weighted by Crippen LogP contribution is 2.25. The van der Waals surface area contributed by atoms with E-state index < -0.39 is 18.0 Å². The molecule has 2 aromatic heterocycles.